The Morgan fingerprint density at radius 1 is 0.871 bits per heavy atom. The maximum Gasteiger partial charge on any atom is 0.326 e. The molecule has 0 bridgehead atoms. The van der Waals surface area contributed by atoms with Crippen molar-refractivity contribution in [1.29, 1.82) is 0 Å². The monoisotopic (exact) mass is 480 g/mol. The molecule has 4 atom stereocenters. The van der Waals surface area contributed by atoms with Gasteiger partial charge in [0.25, 0.3) is 0 Å². The molecule has 5 amide bonds. The molecule has 0 saturated heterocycles. The molecule has 0 aromatic heterocycles. The number of primary amides is 2. The molecule has 0 rings (SSSR count). The summed E-state index contributed by atoms with van der Waals surface area (Å²) in [4.78, 5) is 70.7. The zero-order valence-electron chi connectivity index (χ0n) is 16.8. The van der Waals surface area contributed by atoms with Gasteiger partial charge in [0.15, 0.2) is 0 Å². The molecule has 31 heavy (non-hydrogen) atoms. The smallest absolute Gasteiger partial charge is 0.326 e. The zero-order chi connectivity index (χ0) is 24.1. The predicted octanol–water partition coefficient (Wildman–Crippen LogP) is -3.71. The van der Waals surface area contributed by atoms with Crippen molar-refractivity contribution in [3.05, 3.63) is 0 Å². The number of nitrogens with two attached hydrogens (primary N) is 3. The Balaban J connectivity index is 5.45. The lowest BCUT2D eigenvalue weighted by molar-refractivity contribution is -0.143. The van der Waals surface area contributed by atoms with Crippen molar-refractivity contribution in [3.63, 3.8) is 0 Å². The number of amides is 5. The standard InChI is InChI=1S/C16H28N6O7S2/c1-31-3-2-8(14(26)22-10(16(28)29)5-12(19)24)20-15(27)9(4-11(18)23)21-13(25)7(17)6-30/h7-10,30H,2-6,17H2,1H3,(H2,18,23)(H2,19,24)(H,20,27)(H,21,25)(H,22,26)(H,28,29). The molecule has 0 heterocycles. The predicted molar refractivity (Wildman–Crippen MR) is 116 cm³/mol. The Labute approximate surface area is 188 Å². The largest absolute Gasteiger partial charge is 0.480 e. The Morgan fingerprint density at radius 3 is 1.77 bits per heavy atom. The van der Waals surface area contributed by atoms with Gasteiger partial charge in [-0.2, -0.15) is 24.4 Å². The molecule has 0 aromatic rings. The summed E-state index contributed by atoms with van der Waals surface area (Å²) >= 11 is 5.23. The number of carbonyl (C=O) groups is 6. The molecule has 0 radical (unpaired) electrons. The molecule has 13 nitrogen and oxygen atoms in total. The lowest BCUT2D eigenvalue weighted by atomic mass is 10.1. The summed E-state index contributed by atoms with van der Waals surface area (Å²) in [6, 6.07) is -5.28. The van der Waals surface area contributed by atoms with E-state index in [1.807, 2.05) is 0 Å². The average Bonchev–Trinajstić information content (AvgIpc) is 2.68. The van der Waals surface area contributed by atoms with E-state index in [2.05, 4.69) is 28.6 Å². The lowest BCUT2D eigenvalue weighted by Crippen LogP contribution is -2.58. The van der Waals surface area contributed by atoms with Crippen LogP contribution in [0.2, 0.25) is 0 Å². The molecule has 0 saturated carbocycles. The normalized spacial score (nSPS) is 14.4. The number of hydrogen-bond acceptors (Lipinski definition) is 9. The summed E-state index contributed by atoms with van der Waals surface area (Å²) in [5.74, 6) is -5.47. The van der Waals surface area contributed by atoms with Crippen molar-refractivity contribution in [1.82, 2.24) is 16.0 Å². The van der Waals surface area contributed by atoms with Crippen molar-refractivity contribution >= 4 is 59.9 Å². The molecule has 0 aliphatic heterocycles. The van der Waals surface area contributed by atoms with Crippen molar-refractivity contribution in [2.75, 3.05) is 17.8 Å². The van der Waals surface area contributed by atoms with Gasteiger partial charge in [-0.05, 0) is 18.4 Å². The van der Waals surface area contributed by atoms with E-state index in [1.165, 1.54) is 11.8 Å². The van der Waals surface area contributed by atoms with Crippen LogP contribution < -0.4 is 33.2 Å². The third-order valence-corrected chi connectivity index (χ3v) is 4.87. The number of carboxylic acid groups (broad SMARTS) is 1. The van der Waals surface area contributed by atoms with E-state index in [-0.39, 0.29) is 12.2 Å². The third kappa shape index (κ3) is 11.4. The second kappa shape index (κ2) is 14.5. The summed E-state index contributed by atoms with van der Waals surface area (Å²) < 4.78 is 0. The number of aliphatic carboxylic acids is 1. The van der Waals surface area contributed by atoms with E-state index in [0.29, 0.717) is 5.75 Å². The highest BCUT2D eigenvalue weighted by Crippen LogP contribution is 2.05. The Bertz CT molecular complexity index is 693. The van der Waals surface area contributed by atoms with E-state index in [9.17, 15) is 28.8 Å². The molecule has 4 unspecified atom stereocenters. The van der Waals surface area contributed by atoms with Crippen LogP contribution in [0.3, 0.4) is 0 Å². The molecule has 10 N–H and O–H groups in total. The number of thiol groups is 1. The fourth-order valence-electron chi connectivity index (χ4n) is 2.22. The first-order valence-electron chi connectivity index (χ1n) is 8.98. The number of nitrogens with one attached hydrogen (secondary N) is 3. The maximum absolute atomic E-state index is 12.6. The van der Waals surface area contributed by atoms with E-state index in [0.717, 1.165) is 0 Å². The molecule has 0 fully saturated rings. The fourth-order valence-corrected chi connectivity index (χ4v) is 2.86. The van der Waals surface area contributed by atoms with E-state index in [1.54, 1.807) is 6.26 Å². The molecule has 0 aliphatic rings. The van der Waals surface area contributed by atoms with Gasteiger partial charge in [0, 0.05) is 5.75 Å². The number of hydrogen-bond donors (Lipinski definition) is 8. The van der Waals surface area contributed by atoms with Gasteiger partial charge < -0.3 is 38.3 Å². The maximum atomic E-state index is 12.6. The molecule has 0 aliphatic carbocycles. The topological polar surface area (TPSA) is 237 Å². The van der Waals surface area contributed by atoms with Gasteiger partial charge in [-0.3, -0.25) is 24.0 Å². The second-order valence-electron chi connectivity index (χ2n) is 6.43. The van der Waals surface area contributed by atoms with Crippen LogP contribution in [0.5, 0.6) is 0 Å². The SMILES string of the molecule is CSCCC(NC(=O)C(CC(N)=O)NC(=O)C(N)CS)C(=O)NC(CC(N)=O)C(=O)O. The molecule has 176 valence electrons. The fraction of sp³-hybridized carbons (Fsp3) is 0.625. The molecular formula is C16H28N6O7S2. The highest BCUT2D eigenvalue weighted by molar-refractivity contribution is 7.98. The van der Waals surface area contributed by atoms with Gasteiger partial charge in [0.2, 0.25) is 29.5 Å². The summed E-state index contributed by atoms with van der Waals surface area (Å²) in [5.41, 5.74) is 15.6. The van der Waals surface area contributed by atoms with Crippen molar-refractivity contribution < 1.29 is 33.9 Å². The minimum atomic E-state index is -1.59. The van der Waals surface area contributed by atoms with Gasteiger partial charge in [-0.25, -0.2) is 4.79 Å². The van der Waals surface area contributed by atoms with Crippen LogP contribution in [0.15, 0.2) is 0 Å². The number of thioether (sulfide) groups is 1. The van der Waals surface area contributed by atoms with Gasteiger partial charge in [0.1, 0.15) is 18.1 Å². The Kier molecular flexibility index (Phi) is 13.3. The first kappa shape index (κ1) is 28.5. The molecule has 0 aromatic carbocycles. The molecular weight excluding hydrogens is 452 g/mol. The van der Waals surface area contributed by atoms with Crippen LogP contribution in [0.1, 0.15) is 19.3 Å². The van der Waals surface area contributed by atoms with Crippen molar-refractivity contribution in [3.8, 4) is 0 Å². The van der Waals surface area contributed by atoms with Gasteiger partial charge >= 0.3 is 5.97 Å². The first-order valence-corrected chi connectivity index (χ1v) is 11.0. The van der Waals surface area contributed by atoms with Gasteiger partial charge in [0.05, 0.1) is 18.9 Å². The highest BCUT2D eigenvalue weighted by atomic mass is 32.2. The summed E-state index contributed by atoms with van der Waals surface area (Å²) in [7, 11) is 0. The summed E-state index contributed by atoms with van der Waals surface area (Å²) in [5, 5.41) is 15.9. The van der Waals surface area contributed by atoms with Crippen molar-refractivity contribution in [2.24, 2.45) is 17.2 Å². The summed E-state index contributed by atoms with van der Waals surface area (Å²) in [6.07, 6.45) is 0.632. The van der Waals surface area contributed by atoms with Crippen LogP contribution >= 0.6 is 24.4 Å². The second-order valence-corrected chi connectivity index (χ2v) is 7.78. The third-order valence-electron chi connectivity index (χ3n) is 3.84. The van der Waals surface area contributed by atoms with Crippen LogP contribution in [0.4, 0.5) is 0 Å². The van der Waals surface area contributed by atoms with Gasteiger partial charge in [-0.1, -0.05) is 0 Å². The Morgan fingerprint density at radius 2 is 1.32 bits per heavy atom. The quantitative estimate of drug-likeness (QED) is 0.107. The summed E-state index contributed by atoms with van der Waals surface area (Å²) in [6.45, 7) is 0. The zero-order valence-corrected chi connectivity index (χ0v) is 18.5. The minimum absolute atomic E-state index is 0.0219. The molecule has 15 heteroatoms. The average molecular weight is 481 g/mol. The first-order chi connectivity index (χ1) is 14.4. The van der Waals surface area contributed by atoms with Crippen LogP contribution in [0.25, 0.3) is 0 Å². The van der Waals surface area contributed by atoms with Crippen LogP contribution in [-0.2, 0) is 28.8 Å². The van der Waals surface area contributed by atoms with E-state index < -0.39 is 72.5 Å². The number of rotatable bonds is 15. The highest BCUT2D eigenvalue weighted by Gasteiger charge is 2.31. The van der Waals surface area contributed by atoms with Crippen molar-refractivity contribution in [2.45, 2.75) is 43.4 Å². The van der Waals surface area contributed by atoms with E-state index >= 15 is 0 Å². The number of carboxylic acids is 1. The van der Waals surface area contributed by atoms with Gasteiger partial charge in [-0.15, -0.1) is 0 Å². The van der Waals surface area contributed by atoms with Crippen LogP contribution in [-0.4, -0.2) is 82.5 Å². The van der Waals surface area contributed by atoms with Crippen LogP contribution in [0, 0.1) is 0 Å². The molecule has 0 spiro atoms. The van der Waals surface area contributed by atoms with E-state index in [4.69, 9.17) is 22.3 Å². The minimum Gasteiger partial charge on any atom is -0.480 e. The lowest BCUT2D eigenvalue weighted by Gasteiger charge is -2.24. The number of carbonyl (C=O) groups excluding carboxylic acids is 5. The Hall–Kier alpha value is -2.52.